The standard InChI is InChI=1S/C13H19FO/c1-3-9-13(15,10-4-2)11-7-5-6-8-12(11)14/h5-8,15H,3-4,9-10H2,1-2H3. The van der Waals surface area contributed by atoms with E-state index in [1.54, 1.807) is 18.2 Å². The highest BCUT2D eigenvalue weighted by atomic mass is 19.1. The Hall–Kier alpha value is -0.890. The van der Waals surface area contributed by atoms with Gasteiger partial charge in [-0.15, -0.1) is 0 Å². The highest BCUT2D eigenvalue weighted by Crippen LogP contribution is 2.32. The van der Waals surface area contributed by atoms with Crippen LogP contribution in [0.25, 0.3) is 0 Å². The topological polar surface area (TPSA) is 20.2 Å². The van der Waals surface area contributed by atoms with Crippen molar-refractivity contribution in [2.24, 2.45) is 0 Å². The molecule has 0 spiro atoms. The van der Waals surface area contributed by atoms with E-state index < -0.39 is 5.60 Å². The molecule has 0 amide bonds. The SMILES string of the molecule is CCCC(O)(CCC)c1ccccc1F. The molecule has 0 aliphatic heterocycles. The summed E-state index contributed by atoms with van der Waals surface area (Å²) in [6.07, 6.45) is 2.93. The number of hydrogen-bond acceptors (Lipinski definition) is 1. The van der Waals surface area contributed by atoms with E-state index in [0.29, 0.717) is 18.4 Å². The van der Waals surface area contributed by atoms with E-state index >= 15 is 0 Å². The van der Waals surface area contributed by atoms with Gasteiger partial charge in [-0.3, -0.25) is 0 Å². The minimum atomic E-state index is -0.991. The van der Waals surface area contributed by atoms with Gasteiger partial charge in [-0.1, -0.05) is 44.9 Å². The maximum absolute atomic E-state index is 13.6. The molecule has 2 heteroatoms. The van der Waals surface area contributed by atoms with Crippen molar-refractivity contribution in [1.29, 1.82) is 0 Å². The summed E-state index contributed by atoms with van der Waals surface area (Å²) in [6, 6.07) is 6.51. The summed E-state index contributed by atoms with van der Waals surface area (Å²) in [7, 11) is 0. The molecule has 0 radical (unpaired) electrons. The molecule has 15 heavy (non-hydrogen) atoms. The Morgan fingerprint density at radius 3 is 2.13 bits per heavy atom. The molecular weight excluding hydrogens is 191 g/mol. The van der Waals surface area contributed by atoms with Gasteiger partial charge in [-0.2, -0.15) is 0 Å². The van der Waals surface area contributed by atoms with Crippen molar-refractivity contribution < 1.29 is 9.50 Å². The second kappa shape index (κ2) is 5.26. The van der Waals surface area contributed by atoms with E-state index in [0.717, 1.165) is 12.8 Å². The Kier molecular flexibility index (Phi) is 4.28. The molecule has 1 aromatic carbocycles. The van der Waals surface area contributed by atoms with Crippen LogP contribution in [0.5, 0.6) is 0 Å². The molecule has 84 valence electrons. The third-order valence-corrected chi connectivity index (χ3v) is 2.70. The van der Waals surface area contributed by atoms with Gasteiger partial charge in [0.1, 0.15) is 5.82 Å². The van der Waals surface area contributed by atoms with Crippen molar-refractivity contribution >= 4 is 0 Å². The lowest BCUT2D eigenvalue weighted by Gasteiger charge is -2.28. The third-order valence-electron chi connectivity index (χ3n) is 2.70. The van der Waals surface area contributed by atoms with Crippen LogP contribution in [0, 0.1) is 5.82 Å². The van der Waals surface area contributed by atoms with Gasteiger partial charge in [0.15, 0.2) is 0 Å². The molecule has 0 aliphatic rings. The maximum Gasteiger partial charge on any atom is 0.129 e. The first-order valence-electron chi connectivity index (χ1n) is 5.61. The van der Waals surface area contributed by atoms with Crippen molar-refractivity contribution in [2.45, 2.75) is 45.1 Å². The van der Waals surface area contributed by atoms with Crippen LogP contribution < -0.4 is 0 Å². The summed E-state index contributed by atoms with van der Waals surface area (Å²) in [4.78, 5) is 0. The molecule has 0 aromatic heterocycles. The molecule has 0 saturated carbocycles. The molecule has 0 heterocycles. The Balaban J connectivity index is 3.03. The van der Waals surface area contributed by atoms with Crippen LogP contribution in [0.4, 0.5) is 4.39 Å². The Labute approximate surface area is 90.9 Å². The van der Waals surface area contributed by atoms with Crippen LogP contribution in [0.2, 0.25) is 0 Å². The lowest BCUT2D eigenvalue weighted by molar-refractivity contribution is 0.0136. The monoisotopic (exact) mass is 210 g/mol. The summed E-state index contributed by atoms with van der Waals surface area (Å²) < 4.78 is 13.6. The Bertz CT molecular complexity index is 303. The normalized spacial score (nSPS) is 11.7. The van der Waals surface area contributed by atoms with Gasteiger partial charge in [0.2, 0.25) is 0 Å². The van der Waals surface area contributed by atoms with Crippen molar-refractivity contribution in [1.82, 2.24) is 0 Å². The number of aliphatic hydroxyl groups is 1. The van der Waals surface area contributed by atoms with Crippen LogP contribution >= 0.6 is 0 Å². The van der Waals surface area contributed by atoms with Crippen molar-refractivity contribution in [3.63, 3.8) is 0 Å². The number of rotatable bonds is 5. The zero-order valence-corrected chi connectivity index (χ0v) is 9.46. The van der Waals surface area contributed by atoms with Crippen molar-refractivity contribution in [3.05, 3.63) is 35.6 Å². The molecule has 0 saturated heterocycles. The highest BCUT2D eigenvalue weighted by molar-refractivity contribution is 5.24. The smallest absolute Gasteiger partial charge is 0.129 e. The molecule has 0 atom stereocenters. The van der Waals surface area contributed by atoms with Crippen molar-refractivity contribution in [3.8, 4) is 0 Å². The van der Waals surface area contributed by atoms with E-state index in [1.165, 1.54) is 6.07 Å². The number of hydrogen-bond donors (Lipinski definition) is 1. The van der Waals surface area contributed by atoms with E-state index in [4.69, 9.17) is 0 Å². The van der Waals surface area contributed by atoms with Crippen LogP contribution in [0.1, 0.15) is 45.1 Å². The molecule has 0 bridgehead atoms. The summed E-state index contributed by atoms with van der Waals surface area (Å²) in [6.45, 7) is 4.00. The zero-order valence-electron chi connectivity index (χ0n) is 9.46. The summed E-state index contributed by atoms with van der Waals surface area (Å²) >= 11 is 0. The molecule has 1 aromatic rings. The fourth-order valence-electron chi connectivity index (χ4n) is 2.06. The summed E-state index contributed by atoms with van der Waals surface area (Å²) in [5.74, 6) is -0.304. The quantitative estimate of drug-likeness (QED) is 0.787. The fraction of sp³-hybridized carbons (Fsp3) is 0.538. The molecule has 0 unspecified atom stereocenters. The second-order valence-electron chi connectivity index (χ2n) is 4.01. The van der Waals surface area contributed by atoms with Gasteiger partial charge in [-0.05, 0) is 18.9 Å². The van der Waals surface area contributed by atoms with Gasteiger partial charge >= 0.3 is 0 Å². The van der Waals surface area contributed by atoms with Gasteiger partial charge in [-0.25, -0.2) is 4.39 Å². The van der Waals surface area contributed by atoms with Crippen molar-refractivity contribution in [2.75, 3.05) is 0 Å². The molecule has 0 fully saturated rings. The molecule has 1 nitrogen and oxygen atoms in total. The predicted molar refractivity (Wildman–Crippen MR) is 60.1 cm³/mol. The maximum atomic E-state index is 13.6. The lowest BCUT2D eigenvalue weighted by atomic mass is 9.85. The molecule has 1 rings (SSSR count). The minimum absolute atomic E-state index is 0.304. The fourth-order valence-corrected chi connectivity index (χ4v) is 2.06. The van der Waals surface area contributed by atoms with Gasteiger partial charge in [0.05, 0.1) is 5.60 Å². The third kappa shape index (κ3) is 2.78. The first-order valence-corrected chi connectivity index (χ1v) is 5.61. The summed E-state index contributed by atoms with van der Waals surface area (Å²) in [5.41, 5.74) is -0.553. The van der Waals surface area contributed by atoms with E-state index in [2.05, 4.69) is 0 Å². The first kappa shape index (κ1) is 12.2. The van der Waals surface area contributed by atoms with Gasteiger partial charge < -0.3 is 5.11 Å². The van der Waals surface area contributed by atoms with E-state index in [-0.39, 0.29) is 5.82 Å². The average Bonchev–Trinajstić information content (AvgIpc) is 2.19. The van der Waals surface area contributed by atoms with Crippen LogP contribution in [0.15, 0.2) is 24.3 Å². The summed E-state index contributed by atoms with van der Waals surface area (Å²) in [5, 5.41) is 10.4. The van der Waals surface area contributed by atoms with E-state index in [9.17, 15) is 9.50 Å². The second-order valence-corrected chi connectivity index (χ2v) is 4.01. The largest absolute Gasteiger partial charge is 0.385 e. The van der Waals surface area contributed by atoms with Crippen LogP contribution in [-0.2, 0) is 5.60 Å². The van der Waals surface area contributed by atoms with E-state index in [1.807, 2.05) is 13.8 Å². The zero-order chi connectivity index (χ0) is 11.3. The lowest BCUT2D eigenvalue weighted by Crippen LogP contribution is -2.26. The van der Waals surface area contributed by atoms with Crippen LogP contribution in [0.3, 0.4) is 0 Å². The van der Waals surface area contributed by atoms with Gasteiger partial charge in [0.25, 0.3) is 0 Å². The molecular formula is C13H19FO. The van der Waals surface area contributed by atoms with Crippen LogP contribution in [-0.4, -0.2) is 5.11 Å². The molecule has 0 aliphatic carbocycles. The van der Waals surface area contributed by atoms with Gasteiger partial charge in [0, 0.05) is 5.56 Å². The Morgan fingerprint density at radius 1 is 1.13 bits per heavy atom. The molecule has 1 N–H and O–H groups in total. The Morgan fingerprint density at radius 2 is 1.67 bits per heavy atom. The predicted octanol–water partition coefficient (Wildman–Crippen LogP) is 3.61. The number of benzene rings is 1. The average molecular weight is 210 g/mol. The highest BCUT2D eigenvalue weighted by Gasteiger charge is 2.29. The minimum Gasteiger partial charge on any atom is -0.385 e. The first-order chi connectivity index (χ1) is 7.14. The number of halogens is 1.